The van der Waals surface area contributed by atoms with Gasteiger partial charge in [0.05, 0.1) is 15.9 Å². The first-order valence-corrected chi connectivity index (χ1v) is 13.6. The summed E-state index contributed by atoms with van der Waals surface area (Å²) in [6.45, 7) is 2.26. The molecule has 0 aliphatic carbocycles. The summed E-state index contributed by atoms with van der Waals surface area (Å²) in [5, 5.41) is 4.93. The molecule has 3 aromatic heterocycles. The van der Waals surface area contributed by atoms with Gasteiger partial charge in [-0.2, -0.15) is 0 Å². The maximum absolute atomic E-state index is 5.17. The fourth-order valence-electron chi connectivity index (χ4n) is 5.02. The predicted molar refractivity (Wildman–Crippen MR) is 155 cm³/mol. The van der Waals surface area contributed by atoms with E-state index in [1.54, 1.807) is 0 Å². The van der Waals surface area contributed by atoms with Crippen LogP contribution in [-0.4, -0.2) is 15.0 Å². The Labute approximate surface area is 215 Å². The number of hydrogen-bond acceptors (Lipinski definition) is 3. The predicted octanol–water partition coefficient (Wildman–Crippen LogP) is 9.29. The van der Waals surface area contributed by atoms with Gasteiger partial charge < -0.3 is 4.98 Å². The van der Waals surface area contributed by atoms with Crippen LogP contribution in [-0.2, 0) is 6.42 Å². The van der Waals surface area contributed by atoms with Gasteiger partial charge in [-0.1, -0.05) is 80.8 Å². The van der Waals surface area contributed by atoms with Gasteiger partial charge in [0.1, 0.15) is 5.82 Å². The molecule has 0 amide bonds. The Hall–Kier alpha value is -3.76. The zero-order valence-corrected chi connectivity index (χ0v) is 21.3. The molecule has 0 saturated carbocycles. The number of aryl methyl sites for hydroxylation is 1. The molecule has 6 rings (SSSR count). The minimum Gasteiger partial charge on any atom is -0.337 e. The van der Waals surface area contributed by atoms with E-state index < -0.39 is 0 Å². The van der Waals surface area contributed by atoms with Crippen molar-refractivity contribution in [2.75, 3.05) is 0 Å². The second kappa shape index (κ2) is 10.1. The fraction of sp³-hybridized carbons (Fsp3) is 0.188. The van der Waals surface area contributed by atoms with Crippen LogP contribution in [0.3, 0.4) is 0 Å². The number of fused-ring (bicyclic) bond motifs is 6. The highest BCUT2D eigenvalue weighted by Crippen LogP contribution is 2.38. The van der Waals surface area contributed by atoms with Gasteiger partial charge in [0.25, 0.3) is 0 Å². The molecule has 178 valence electrons. The Morgan fingerprint density at radius 3 is 2.31 bits per heavy atom. The molecule has 4 heteroatoms. The monoisotopic (exact) mass is 487 g/mol. The standard InChI is InChI=1S/C32H29N3S/c1-2-3-4-5-10-23-21-29(36-28(23)16-15-22-17-19-33-20-18-22)32-34-30-26-13-8-6-11-24(26)25-12-7-9-14-27(25)31(30)35-32/h6-9,11-21H,2-5,10H2,1H3,(H,34,35)/b16-15+. The van der Waals surface area contributed by atoms with Crippen LogP contribution in [0.15, 0.2) is 79.1 Å². The second-order valence-corrected chi connectivity index (χ2v) is 10.4. The number of nitrogens with one attached hydrogen (secondary N) is 1. The fourth-order valence-corrected chi connectivity index (χ4v) is 6.08. The van der Waals surface area contributed by atoms with Crippen LogP contribution in [0.5, 0.6) is 0 Å². The van der Waals surface area contributed by atoms with Crippen molar-refractivity contribution in [1.29, 1.82) is 0 Å². The van der Waals surface area contributed by atoms with Gasteiger partial charge in [0, 0.05) is 28.0 Å². The summed E-state index contributed by atoms with van der Waals surface area (Å²) in [5.41, 5.74) is 4.74. The first kappa shape index (κ1) is 22.7. The summed E-state index contributed by atoms with van der Waals surface area (Å²) in [6.07, 6.45) is 14.3. The number of pyridine rings is 1. The van der Waals surface area contributed by atoms with Crippen LogP contribution in [0.1, 0.15) is 48.6 Å². The van der Waals surface area contributed by atoms with Crippen LogP contribution in [0.4, 0.5) is 0 Å². The van der Waals surface area contributed by atoms with Gasteiger partial charge in [0.2, 0.25) is 0 Å². The lowest BCUT2D eigenvalue weighted by Gasteiger charge is -2.05. The Morgan fingerprint density at radius 2 is 1.53 bits per heavy atom. The zero-order valence-electron chi connectivity index (χ0n) is 20.5. The molecule has 36 heavy (non-hydrogen) atoms. The van der Waals surface area contributed by atoms with Crippen molar-refractivity contribution >= 4 is 56.1 Å². The molecular weight excluding hydrogens is 458 g/mol. The second-order valence-electron chi connectivity index (χ2n) is 9.32. The van der Waals surface area contributed by atoms with Crippen molar-refractivity contribution in [3.8, 4) is 10.7 Å². The number of rotatable bonds is 8. The van der Waals surface area contributed by atoms with E-state index >= 15 is 0 Å². The number of thiophene rings is 1. The van der Waals surface area contributed by atoms with E-state index in [1.165, 1.54) is 68.1 Å². The van der Waals surface area contributed by atoms with E-state index in [2.05, 4.69) is 83.6 Å². The number of benzene rings is 3. The Kier molecular flexibility index (Phi) is 6.35. The molecule has 0 atom stereocenters. The third kappa shape index (κ3) is 4.33. The van der Waals surface area contributed by atoms with Crippen molar-refractivity contribution in [3.63, 3.8) is 0 Å². The summed E-state index contributed by atoms with van der Waals surface area (Å²) in [7, 11) is 0. The van der Waals surface area contributed by atoms with Crippen LogP contribution in [0, 0.1) is 0 Å². The lowest BCUT2D eigenvalue weighted by Crippen LogP contribution is -1.85. The number of aromatic amines is 1. The molecule has 3 heterocycles. The Morgan fingerprint density at radius 1 is 0.806 bits per heavy atom. The van der Waals surface area contributed by atoms with E-state index in [0.717, 1.165) is 23.3 Å². The number of hydrogen-bond donors (Lipinski definition) is 1. The molecule has 0 aliphatic rings. The van der Waals surface area contributed by atoms with Gasteiger partial charge in [-0.05, 0) is 59.0 Å². The third-order valence-electron chi connectivity index (χ3n) is 6.88. The van der Waals surface area contributed by atoms with Crippen LogP contribution in [0.2, 0.25) is 0 Å². The number of nitrogens with zero attached hydrogens (tertiary/aromatic N) is 2. The average molecular weight is 488 g/mol. The van der Waals surface area contributed by atoms with Crippen LogP contribution in [0.25, 0.3) is 55.4 Å². The number of H-pyrrole nitrogens is 1. The number of imidazole rings is 1. The quantitative estimate of drug-likeness (QED) is 0.172. The van der Waals surface area contributed by atoms with E-state index in [0.29, 0.717) is 0 Å². The van der Waals surface area contributed by atoms with Crippen molar-refractivity contribution < 1.29 is 0 Å². The molecule has 0 saturated heterocycles. The van der Waals surface area contributed by atoms with Gasteiger partial charge >= 0.3 is 0 Å². The van der Waals surface area contributed by atoms with Crippen LogP contribution >= 0.6 is 11.3 Å². The SMILES string of the molecule is CCCCCCc1cc(-c2nc3c4ccccc4c4ccccc4c3[nH]2)sc1/C=C/c1ccncc1. The molecule has 1 N–H and O–H groups in total. The highest BCUT2D eigenvalue weighted by molar-refractivity contribution is 7.16. The molecule has 0 radical (unpaired) electrons. The van der Waals surface area contributed by atoms with Gasteiger partial charge in [0.15, 0.2) is 0 Å². The molecule has 0 fully saturated rings. The summed E-state index contributed by atoms with van der Waals surface area (Å²) < 4.78 is 0. The van der Waals surface area contributed by atoms with Crippen LogP contribution < -0.4 is 0 Å². The molecule has 0 unspecified atom stereocenters. The molecular formula is C32H29N3S. The zero-order chi connectivity index (χ0) is 24.3. The lowest BCUT2D eigenvalue weighted by atomic mass is 10.0. The average Bonchev–Trinajstić information content (AvgIpc) is 3.56. The van der Waals surface area contributed by atoms with Gasteiger partial charge in [-0.15, -0.1) is 11.3 Å². The maximum atomic E-state index is 5.17. The lowest BCUT2D eigenvalue weighted by molar-refractivity contribution is 0.667. The molecule has 3 nitrogen and oxygen atoms in total. The van der Waals surface area contributed by atoms with E-state index in [9.17, 15) is 0 Å². The highest BCUT2D eigenvalue weighted by atomic mass is 32.1. The maximum Gasteiger partial charge on any atom is 0.148 e. The van der Waals surface area contributed by atoms with E-state index in [1.807, 2.05) is 35.9 Å². The summed E-state index contributed by atoms with van der Waals surface area (Å²) >= 11 is 1.83. The first-order chi connectivity index (χ1) is 17.8. The summed E-state index contributed by atoms with van der Waals surface area (Å²) in [5.74, 6) is 0.954. The summed E-state index contributed by atoms with van der Waals surface area (Å²) in [6, 6.07) is 23.7. The minimum absolute atomic E-state index is 0.954. The number of aromatic nitrogens is 3. The molecule has 0 spiro atoms. The van der Waals surface area contributed by atoms with Crippen molar-refractivity contribution in [3.05, 3.63) is 95.1 Å². The topological polar surface area (TPSA) is 41.6 Å². The normalized spacial score (nSPS) is 11.9. The third-order valence-corrected chi connectivity index (χ3v) is 8.03. The summed E-state index contributed by atoms with van der Waals surface area (Å²) in [4.78, 5) is 15.5. The molecule has 6 aromatic rings. The number of unbranched alkanes of at least 4 members (excludes halogenated alkanes) is 3. The van der Waals surface area contributed by atoms with E-state index in [4.69, 9.17) is 4.98 Å². The molecule has 3 aromatic carbocycles. The molecule has 0 aliphatic heterocycles. The first-order valence-electron chi connectivity index (χ1n) is 12.8. The van der Waals surface area contributed by atoms with E-state index in [-0.39, 0.29) is 0 Å². The minimum atomic E-state index is 0.954. The Balaban J connectivity index is 1.45. The van der Waals surface area contributed by atoms with Gasteiger partial charge in [-0.3, -0.25) is 4.98 Å². The largest absolute Gasteiger partial charge is 0.337 e. The Bertz CT molecular complexity index is 1600. The van der Waals surface area contributed by atoms with Crippen molar-refractivity contribution in [2.24, 2.45) is 0 Å². The highest BCUT2D eigenvalue weighted by Gasteiger charge is 2.16. The van der Waals surface area contributed by atoms with Gasteiger partial charge in [-0.25, -0.2) is 4.98 Å². The molecule has 0 bridgehead atoms. The van der Waals surface area contributed by atoms with Crippen molar-refractivity contribution in [1.82, 2.24) is 15.0 Å². The smallest absolute Gasteiger partial charge is 0.148 e. The van der Waals surface area contributed by atoms with Crippen molar-refractivity contribution in [2.45, 2.75) is 39.0 Å².